The Labute approximate surface area is 135 Å². The van der Waals surface area contributed by atoms with Gasteiger partial charge in [0.05, 0.1) is 5.41 Å². The molecule has 5 heteroatoms. The molecule has 0 spiro atoms. The Bertz CT molecular complexity index is 457. The van der Waals surface area contributed by atoms with Crippen molar-refractivity contribution in [3.63, 3.8) is 0 Å². The third-order valence-corrected chi connectivity index (χ3v) is 4.42. The highest BCUT2D eigenvalue weighted by Gasteiger charge is 2.36. The van der Waals surface area contributed by atoms with Gasteiger partial charge in [0.1, 0.15) is 0 Å². The average Bonchev–Trinajstić information content (AvgIpc) is 3.20. The van der Waals surface area contributed by atoms with E-state index < -0.39 is 5.41 Å². The number of rotatable bonds is 5. The summed E-state index contributed by atoms with van der Waals surface area (Å²) in [6.07, 6.45) is 2.36. The third-order valence-electron chi connectivity index (χ3n) is 3.90. The minimum absolute atomic E-state index is 0. The van der Waals surface area contributed by atoms with E-state index in [2.05, 4.69) is 21.2 Å². The zero-order valence-electron chi connectivity index (χ0n) is 11.9. The topological polar surface area (TPSA) is 55.1 Å². The molecule has 0 saturated heterocycles. The molecule has 1 aromatic carbocycles. The van der Waals surface area contributed by atoms with Crippen molar-refractivity contribution in [2.75, 3.05) is 6.54 Å². The van der Waals surface area contributed by atoms with Crippen LogP contribution in [0.2, 0.25) is 0 Å². The smallest absolute Gasteiger partial charge is 0.230 e. The van der Waals surface area contributed by atoms with Gasteiger partial charge in [0.2, 0.25) is 5.91 Å². The molecular weight excluding hydrogens is 340 g/mol. The number of carbonyl (C=O) groups is 1. The summed E-state index contributed by atoms with van der Waals surface area (Å²) in [5.41, 5.74) is 6.22. The number of hydrogen-bond acceptors (Lipinski definition) is 2. The molecule has 112 valence electrons. The van der Waals surface area contributed by atoms with Crippen molar-refractivity contribution < 1.29 is 4.79 Å². The minimum Gasteiger partial charge on any atom is -0.351 e. The lowest BCUT2D eigenvalue weighted by Crippen LogP contribution is -2.48. The van der Waals surface area contributed by atoms with E-state index in [0.29, 0.717) is 12.5 Å². The number of hydrogen-bond donors (Lipinski definition) is 2. The summed E-state index contributed by atoms with van der Waals surface area (Å²) in [6.45, 7) is 4.42. The van der Waals surface area contributed by atoms with Crippen LogP contribution in [0.1, 0.15) is 32.3 Å². The summed E-state index contributed by atoms with van der Waals surface area (Å²) in [5.74, 6) is 0.631. The molecule has 3 N–H and O–H groups in total. The van der Waals surface area contributed by atoms with Crippen molar-refractivity contribution in [1.29, 1.82) is 0 Å². The van der Waals surface area contributed by atoms with E-state index in [9.17, 15) is 4.79 Å². The van der Waals surface area contributed by atoms with Crippen LogP contribution in [0.25, 0.3) is 0 Å². The first-order valence-electron chi connectivity index (χ1n) is 6.72. The maximum atomic E-state index is 12.5. The van der Waals surface area contributed by atoms with Gasteiger partial charge in [-0.1, -0.05) is 28.1 Å². The lowest BCUT2D eigenvalue weighted by atomic mass is 9.83. The second-order valence-electron chi connectivity index (χ2n) is 5.78. The number of amides is 1. The van der Waals surface area contributed by atoms with Crippen molar-refractivity contribution in [3.05, 3.63) is 34.3 Å². The summed E-state index contributed by atoms with van der Waals surface area (Å²) in [6, 6.07) is 8.02. The first-order valence-corrected chi connectivity index (χ1v) is 7.51. The van der Waals surface area contributed by atoms with Gasteiger partial charge in [-0.25, -0.2) is 0 Å². The van der Waals surface area contributed by atoms with E-state index in [-0.39, 0.29) is 24.4 Å². The molecule has 1 fully saturated rings. The fourth-order valence-corrected chi connectivity index (χ4v) is 2.48. The van der Waals surface area contributed by atoms with Gasteiger partial charge >= 0.3 is 0 Å². The average molecular weight is 362 g/mol. The fraction of sp³-hybridized carbons (Fsp3) is 0.533. The standard InChI is InChI=1S/C15H21BrN2O.ClH/c1-15(2,11-5-7-12(16)8-6-11)14(19)18-13(9-17)10-3-4-10;/h5-8,10,13H,3-4,9,17H2,1-2H3,(H,18,19);1H. The van der Waals surface area contributed by atoms with Crippen LogP contribution in [0.5, 0.6) is 0 Å². The predicted octanol–water partition coefficient (Wildman–Crippen LogP) is 3.00. The number of carbonyl (C=O) groups excluding carboxylic acids is 1. The number of nitrogens with two attached hydrogens (primary N) is 1. The van der Waals surface area contributed by atoms with E-state index in [0.717, 1.165) is 10.0 Å². The molecule has 1 aromatic rings. The van der Waals surface area contributed by atoms with E-state index in [1.165, 1.54) is 12.8 Å². The molecule has 1 atom stereocenters. The third kappa shape index (κ3) is 3.96. The van der Waals surface area contributed by atoms with Crippen molar-refractivity contribution in [3.8, 4) is 0 Å². The largest absolute Gasteiger partial charge is 0.351 e. The molecule has 1 unspecified atom stereocenters. The van der Waals surface area contributed by atoms with Crippen LogP contribution in [-0.4, -0.2) is 18.5 Å². The summed E-state index contributed by atoms with van der Waals surface area (Å²) >= 11 is 3.41. The molecule has 0 radical (unpaired) electrons. The summed E-state index contributed by atoms with van der Waals surface area (Å²) in [5, 5.41) is 3.11. The number of nitrogens with one attached hydrogen (secondary N) is 1. The lowest BCUT2D eigenvalue weighted by Gasteiger charge is -2.27. The van der Waals surface area contributed by atoms with Crippen LogP contribution in [0.15, 0.2) is 28.7 Å². The van der Waals surface area contributed by atoms with Crippen molar-refractivity contribution in [1.82, 2.24) is 5.32 Å². The van der Waals surface area contributed by atoms with Crippen LogP contribution in [0.3, 0.4) is 0 Å². The molecule has 1 aliphatic carbocycles. The van der Waals surface area contributed by atoms with E-state index in [1.54, 1.807) is 0 Å². The van der Waals surface area contributed by atoms with Crippen LogP contribution in [0.4, 0.5) is 0 Å². The van der Waals surface area contributed by atoms with E-state index >= 15 is 0 Å². The highest BCUT2D eigenvalue weighted by atomic mass is 79.9. The van der Waals surface area contributed by atoms with Gasteiger partial charge in [-0.3, -0.25) is 4.79 Å². The highest BCUT2D eigenvalue weighted by Crippen LogP contribution is 2.33. The summed E-state index contributed by atoms with van der Waals surface area (Å²) < 4.78 is 1.02. The monoisotopic (exact) mass is 360 g/mol. The van der Waals surface area contributed by atoms with Gasteiger partial charge in [0.25, 0.3) is 0 Å². The summed E-state index contributed by atoms with van der Waals surface area (Å²) in [4.78, 5) is 12.5. The quantitative estimate of drug-likeness (QED) is 0.847. The van der Waals surface area contributed by atoms with E-state index in [4.69, 9.17) is 5.73 Å². The van der Waals surface area contributed by atoms with E-state index in [1.807, 2.05) is 38.1 Å². The number of halogens is 2. The van der Waals surface area contributed by atoms with Crippen molar-refractivity contribution >= 4 is 34.2 Å². The SMILES string of the molecule is CC(C)(C(=O)NC(CN)C1CC1)c1ccc(Br)cc1.Cl. The number of benzene rings is 1. The van der Waals surface area contributed by atoms with Gasteiger partial charge < -0.3 is 11.1 Å². The first kappa shape index (κ1) is 17.5. The summed E-state index contributed by atoms with van der Waals surface area (Å²) in [7, 11) is 0. The zero-order chi connectivity index (χ0) is 14.0. The molecular formula is C15H22BrClN2O. The van der Waals surface area contributed by atoms with Crippen LogP contribution in [0, 0.1) is 5.92 Å². The zero-order valence-corrected chi connectivity index (χ0v) is 14.3. The molecule has 0 heterocycles. The fourth-order valence-electron chi connectivity index (χ4n) is 2.21. The second kappa shape index (κ2) is 6.92. The Morgan fingerprint density at radius 1 is 1.40 bits per heavy atom. The Balaban J connectivity index is 0.00000200. The minimum atomic E-state index is -0.539. The molecule has 0 bridgehead atoms. The first-order chi connectivity index (χ1) is 8.95. The normalized spacial score (nSPS) is 16.2. The van der Waals surface area contributed by atoms with Crippen molar-refractivity contribution in [2.24, 2.45) is 11.7 Å². The second-order valence-corrected chi connectivity index (χ2v) is 6.70. The molecule has 1 aliphatic rings. The Hall–Kier alpha value is -0.580. The molecule has 2 rings (SSSR count). The van der Waals surface area contributed by atoms with Gasteiger partial charge in [-0.05, 0) is 50.3 Å². The van der Waals surface area contributed by atoms with Crippen LogP contribution < -0.4 is 11.1 Å². The predicted molar refractivity (Wildman–Crippen MR) is 88.1 cm³/mol. The lowest BCUT2D eigenvalue weighted by molar-refractivity contribution is -0.126. The molecule has 1 saturated carbocycles. The maximum Gasteiger partial charge on any atom is 0.230 e. The molecule has 0 aliphatic heterocycles. The Morgan fingerprint density at radius 2 is 1.95 bits per heavy atom. The van der Waals surface area contributed by atoms with Gasteiger partial charge in [-0.15, -0.1) is 12.4 Å². The van der Waals surface area contributed by atoms with Crippen LogP contribution >= 0.6 is 28.3 Å². The highest BCUT2D eigenvalue weighted by molar-refractivity contribution is 9.10. The van der Waals surface area contributed by atoms with Crippen LogP contribution in [-0.2, 0) is 10.2 Å². The molecule has 0 aromatic heterocycles. The Kier molecular flexibility index (Phi) is 6.05. The molecule has 1 amide bonds. The molecule has 3 nitrogen and oxygen atoms in total. The van der Waals surface area contributed by atoms with Gasteiger partial charge in [0.15, 0.2) is 0 Å². The van der Waals surface area contributed by atoms with Crippen molar-refractivity contribution in [2.45, 2.75) is 38.1 Å². The molecule has 20 heavy (non-hydrogen) atoms. The van der Waals surface area contributed by atoms with Gasteiger partial charge in [-0.2, -0.15) is 0 Å². The Morgan fingerprint density at radius 3 is 2.40 bits per heavy atom. The maximum absolute atomic E-state index is 12.5. The van der Waals surface area contributed by atoms with Gasteiger partial charge in [0, 0.05) is 17.1 Å².